The minimum Gasteiger partial charge on any atom is -0.394 e. The van der Waals surface area contributed by atoms with Gasteiger partial charge >= 0.3 is 0 Å². The topological polar surface area (TPSA) is 1010 Å². The van der Waals surface area contributed by atoms with Crippen LogP contribution in [0, 0.1) is 0 Å². The maximum Gasteiger partial charge on any atom is 0.217 e. The number of hydrogen-bond acceptors (Lipinski definition) is 60. The summed E-state index contributed by atoms with van der Waals surface area (Å²) in [6, 6.07) is -10.2. The molecule has 0 radical (unpaired) electrons. The van der Waals surface area contributed by atoms with E-state index >= 15 is 0 Å². The van der Waals surface area contributed by atoms with Crippen LogP contribution in [0.3, 0.4) is 0 Å². The number of amides is 5. The summed E-state index contributed by atoms with van der Waals surface area (Å²) in [6.45, 7) is -7.34. The molecule has 12 fully saturated rings. The Morgan fingerprint density at radius 1 is 0.190 bits per heavy atom. The standard InChI is InChI=1S/C82H137N5O60/c1-18-40(102)51(113)56(118)76(127-18)125-17-34-66(47(109)35(71(124)128-34)83-19(2)97)140-72-36(84-20(3)98)48(110)64(31(14-95)134-72)143-80-61(123)68(46(108)33(138-80)16-126-81-69(55(117)44(106)27(10-91)133-81)146-73-37(85-21(4)99)49(111)62(29(12-93)135-73)141-77-57(119)52(114)41(103)24(7-88)130-77)145-82-70(147-74-38(86-22(5)100)50(112)63(30(13-94)136-74)142-78-58(120)53(115)42(104)25(8-89)131-78)60(122)65(32(15-96)137-82)139-75-39(87-23(6)101)67(45(107)28(11-92)129-75)144-79-59(121)54(116)43(105)26(9-90)132-79/h18,24-82,88-96,102-124H,7-17H2,1-6H3,(H,83,97)(H,84,98)(H,85,99)(H,86,100)(H,87,101)/t18-,24+,25+,26+,27+,28+,29+,30+,31+,32+,33+,34+,35+,36+,37+,38+,39+,40+,41-,42-,43-,44+,45+,46+,47+,48+,49+,50+,51+,52-,53-,54-,55-,56-,57+,58+,59+,60-,61-,62+,63+,64+,65+,66+,67+,68-,69-,70-,71+,72-,73-,74-,75-,76+,77-,78-,79-,80-,81-,82+/m0/s1. The zero-order chi connectivity index (χ0) is 108. The number of aliphatic hydroxyl groups excluding tert-OH is 32. The molecule has 65 nitrogen and oxygen atoms in total. The van der Waals surface area contributed by atoms with Crippen LogP contribution in [0.1, 0.15) is 41.5 Å². The average molecular weight is 2150 g/mol. The molecular weight excluding hydrogens is 2010 g/mol. The van der Waals surface area contributed by atoms with Gasteiger partial charge in [0, 0.05) is 34.6 Å². The van der Waals surface area contributed by atoms with Crippen LogP contribution in [-0.2, 0) is 133 Å². The summed E-state index contributed by atoms with van der Waals surface area (Å²) >= 11 is 0. The zero-order valence-corrected chi connectivity index (χ0v) is 79.2. The van der Waals surface area contributed by atoms with Gasteiger partial charge in [0.1, 0.15) is 287 Å². The van der Waals surface area contributed by atoms with Crippen LogP contribution in [0.25, 0.3) is 0 Å². The van der Waals surface area contributed by atoms with Gasteiger partial charge in [-0.25, -0.2) is 0 Å². The third-order valence-electron chi connectivity index (χ3n) is 27.0. The van der Waals surface area contributed by atoms with E-state index in [0.29, 0.717) is 0 Å². The molecule has 0 saturated carbocycles. The highest BCUT2D eigenvalue weighted by molar-refractivity contribution is 5.75. The Labute approximate surface area is 832 Å². The van der Waals surface area contributed by atoms with Gasteiger partial charge in [-0.2, -0.15) is 0 Å². The van der Waals surface area contributed by atoms with Crippen LogP contribution in [0.15, 0.2) is 0 Å². The molecule has 0 aliphatic carbocycles. The molecule has 0 aromatic carbocycles. The fraction of sp³-hybridized carbons (Fsp3) is 0.939. The minimum atomic E-state index is -2.81. The maximum atomic E-state index is 13.5. The molecule has 12 aliphatic rings. The lowest BCUT2D eigenvalue weighted by Gasteiger charge is -2.52. The van der Waals surface area contributed by atoms with E-state index in [-0.39, 0.29) is 0 Å². The van der Waals surface area contributed by atoms with Crippen molar-refractivity contribution in [1.82, 2.24) is 26.6 Å². The number of ether oxygens (including phenoxy) is 23. The third-order valence-corrected chi connectivity index (χ3v) is 27.0. The summed E-state index contributed by atoms with van der Waals surface area (Å²) in [7, 11) is 0. The van der Waals surface area contributed by atoms with E-state index in [4.69, 9.17) is 109 Å². The smallest absolute Gasteiger partial charge is 0.217 e. The molecule has 147 heavy (non-hydrogen) atoms. The number of rotatable bonds is 38. The van der Waals surface area contributed by atoms with E-state index in [2.05, 4.69) is 26.6 Å². The summed E-state index contributed by atoms with van der Waals surface area (Å²) in [4.78, 5) is 66.1. The van der Waals surface area contributed by atoms with E-state index in [9.17, 15) is 187 Å². The van der Waals surface area contributed by atoms with Gasteiger partial charge in [0.25, 0.3) is 0 Å². The van der Waals surface area contributed by atoms with E-state index in [1.54, 1.807) is 0 Å². The number of carbonyl (C=O) groups excluding carboxylic acids is 5. The lowest BCUT2D eigenvalue weighted by atomic mass is 9.93. The van der Waals surface area contributed by atoms with Crippen LogP contribution in [0.2, 0.25) is 0 Å². The number of hydrogen-bond donors (Lipinski definition) is 37. The summed E-state index contributed by atoms with van der Waals surface area (Å²) in [5, 5.41) is 374. The van der Waals surface area contributed by atoms with Gasteiger partial charge in [0.15, 0.2) is 75.5 Å². The molecule has 0 aromatic rings. The van der Waals surface area contributed by atoms with Crippen LogP contribution in [0.5, 0.6) is 0 Å². The molecule has 60 atom stereocenters. The molecule has 12 rings (SSSR count). The van der Waals surface area contributed by atoms with Crippen molar-refractivity contribution in [3.05, 3.63) is 0 Å². The van der Waals surface area contributed by atoms with Gasteiger partial charge in [0.2, 0.25) is 29.5 Å². The quantitative estimate of drug-likeness (QED) is 0.0273. The number of nitrogens with one attached hydrogen (secondary N) is 5. The predicted octanol–water partition coefficient (Wildman–Crippen LogP) is -25.4. The molecule has 5 amide bonds. The van der Waals surface area contributed by atoms with Crippen molar-refractivity contribution in [2.75, 3.05) is 72.7 Å². The Balaban J connectivity index is 0.936. The van der Waals surface area contributed by atoms with Crippen LogP contribution in [0.4, 0.5) is 0 Å². The Hall–Kier alpha value is -4.85. The highest BCUT2D eigenvalue weighted by Crippen LogP contribution is 2.43. The van der Waals surface area contributed by atoms with Crippen molar-refractivity contribution in [2.45, 2.75) is 410 Å². The molecule has 0 bridgehead atoms. The van der Waals surface area contributed by atoms with Crippen LogP contribution >= 0.6 is 0 Å². The second-order valence-corrected chi connectivity index (χ2v) is 37.3. The van der Waals surface area contributed by atoms with Crippen LogP contribution < -0.4 is 26.6 Å². The SMILES string of the molecule is CC(=O)N[C@@H]1[C@@H](O)[C@H](O[C@@H]2O[C@H](CO)[C@@H](O[C@@H]3O[C@H](CO[C@H]4O[C@H](CO)[C@@H](O)[C@H](O)[C@@H]4O[C@@H]4O[C@H](CO)[C@@H](O[C@@H]5O[C@H](CO)[C@H](O)[C@H](O)[C@H]5O)[C@H](O)[C@H]4NC(C)=O)[C@@H](O)[C@H](O[C@H]4O[C@H](CO)[C@@H](O[C@@H]5O[C@H](CO)[C@@H](O)[C@H](O[C@@H]6O[C@H](CO)[C@H](O)[C@H](O)[C@H]6O)[C@H]5NC(C)=O)[C@H](O)[C@@H]4O[C@@H]4O[C@H](CO)[C@@H](O[C@@H]5O[C@H](CO)[C@H](O)[C@H](O)[C@H]5O)[C@H](O)[C@H]4NC(C)=O)[C@@H]3O)[C@H](O)[C@H]2NC(C)=O)[C@@H](CO[C@@H]2O[C@@H](C)[C@@H](O)[C@@H](O)[C@@H]2O)O[C@H]1O. The maximum absolute atomic E-state index is 13.5. The Bertz CT molecular complexity index is 4110. The van der Waals surface area contributed by atoms with Crippen molar-refractivity contribution in [2.24, 2.45) is 0 Å². The lowest BCUT2D eigenvalue weighted by Crippen LogP contribution is -2.72. The highest BCUT2D eigenvalue weighted by Gasteiger charge is 2.64. The average Bonchev–Trinajstić information content (AvgIpc) is 0.759. The van der Waals surface area contributed by atoms with Gasteiger partial charge in [-0.3, -0.25) is 24.0 Å². The molecule has 0 spiro atoms. The van der Waals surface area contributed by atoms with Crippen molar-refractivity contribution < 1.29 is 296 Å². The summed E-state index contributed by atoms with van der Waals surface area (Å²) in [5.74, 6) is -5.08. The van der Waals surface area contributed by atoms with Crippen molar-refractivity contribution >= 4 is 29.5 Å². The normalized spacial score (nSPS) is 49.6. The van der Waals surface area contributed by atoms with E-state index in [0.717, 1.165) is 34.6 Å². The van der Waals surface area contributed by atoms with Crippen molar-refractivity contribution in [3.63, 3.8) is 0 Å². The molecule has 37 N–H and O–H groups in total. The van der Waals surface area contributed by atoms with Gasteiger partial charge in [0.05, 0.1) is 78.8 Å². The van der Waals surface area contributed by atoms with E-state index in [1.165, 1.54) is 6.92 Å². The molecule has 12 aliphatic heterocycles. The minimum absolute atomic E-state index is 0.854. The first-order valence-electron chi connectivity index (χ1n) is 47.0. The number of carbonyl (C=O) groups is 5. The second kappa shape index (κ2) is 52.8. The van der Waals surface area contributed by atoms with Gasteiger partial charge < -0.3 is 299 Å². The predicted molar refractivity (Wildman–Crippen MR) is 452 cm³/mol. The first kappa shape index (κ1) is 121. The molecule has 0 aromatic heterocycles. The Kier molecular flexibility index (Phi) is 43.4. The van der Waals surface area contributed by atoms with Gasteiger partial charge in [-0.05, 0) is 6.92 Å². The summed E-state index contributed by atoms with van der Waals surface area (Å²) in [6.07, 6.45) is -120. The van der Waals surface area contributed by atoms with E-state index in [1.807, 2.05) is 0 Å². The fourth-order valence-electron chi connectivity index (χ4n) is 19.2. The first-order valence-corrected chi connectivity index (χ1v) is 47.0. The first-order chi connectivity index (χ1) is 69.5. The molecular formula is C82H137N5O60. The lowest BCUT2D eigenvalue weighted by molar-refractivity contribution is -0.406. The zero-order valence-electron chi connectivity index (χ0n) is 79.2. The largest absolute Gasteiger partial charge is 0.394 e. The second-order valence-electron chi connectivity index (χ2n) is 37.3. The highest BCUT2D eigenvalue weighted by atomic mass is 16.8. The summed E-state index contributed by atoms with van der Waals surface area (Å²) < 4.78 is 139. The Morgan fingerprint density at radius 3 is 0.830 bits per heavy atom. The Morgan fingerprint density at radius 2 is 0.435 bits per heavy atom. The molecule has 65 heteroatoms. The monoisotopic (exact) mass is 2150 g/mol. The van der Waals surface area contributed by atoms with E-state index < -0.39 is 470 Å². The molecule has 12 heterocycles. The van der Waals surface area contributed by atoms with Gasteiger partial charge in [-0.1, -0.05) is 0 Å². The number of aliphatic hydroxyl groups is 32. The fourth-order valence-corrected chi connectivity index (χ4v) is 19.2. The van der Waals surface area contributed by atoms with Gasteiger partial charge in [-0.15, -0.1) is 0 Å². The summed E-state index contributed by atoms with van der Waals surface area (Å²) in [5.41, 5.74) is 0. The molecule has 0 unspecified atom stereocenters. The van der Waals surface area contributed by atoms with Crippen LogP contribution in [-0.4, -0.2) is 634 Å². The van der Waals surface area contributed by atoms with Crippen molar-refractivity contribution in [3.8, 4) is 0 Å². The third kappa shape index (κ3) is 26.8. The molecule has 850 valence electrons. The van der Waals surface area contributed by atoms with Crippen molar-refractivity contribution in [1.29, 1.82) is 0 Å². The molecule has 12 saturated heterocycles.